The molecule has 2 aromatic carbocycles. The lowest BCUT2D eigenvalue weighted by Crippen LogP contribution is -2.31. The molecule has 1 N–H and O–H groups in total. The van der Waals surface area contributed by atoms with Crippen molar-refractivity contribution in [2.45, 2.75) is 13.2 Å². The number of benzene rings is 2. The Hall–Kier alpha value is -3.41. The van der Waals surface area contributed by atoms with Crippen LogP contribution in [0.15, 0.2) is 71.7 Å². The van der Waals surface area contributed by atoms with Crippen LogP contribution >= 0.6 is 0 Å². The zero-order valence-electron chi connectivity index (χ0n) is 14.8. The van der Waals surface area contributed by atoms with Gasteiger partial charge in [0.05, 0.1) is 0 Å². The van der Waals surface area contributed by atoms with E-state index in [1.807, 2.05) is 6.07 Å². The van der Waals surface area contributed by atoms with Gasteiger partial charge in [0.25, 0.3) is 11.5 Å². The van der Waals surface area contributed by atoms with E-state index in [0.717, 1.165) is 5.56 Å². The largest absolute Gasteiger partial charge is 0.489 e. The van der Waals surface area contributed by atoms with Crippen molar-refractivity contribution >= 4 is 5.91 Å². The molecule has 3 rings (SSSR count). The van der Waals surface area contributed by atoms with E-state index in [4.69, 9.17) is 4.74 Å². The molecule has 3 aromatic rings. The topological polar surface area (TPSA) is 60.3 Å². The molecule has 0 saturated heterocycles. The lowest BCUT2D eigenvalue weighted by molar-refractivity contribution is 0.0949. The number of halogens is 1. The molecular formula is C21H19FN2O3. The lowest BCUT2D eigenvalue weighted by atomic mass is 10.2. The molecule has 0 fully saturated rings. The molecule has 0 unspecified atom stereocenters. The zero-order valence-corrected chi connectivity index (χ0v) is 14.8. The number of aromatic nitrogens is 1. The van der Waals surface area contributed by atoms with Gasteiger partial charge in [-0.25, -0.2) is 4.39 Å². The number of ether oxygens (including phenoxy) is 1. The minimum Gasteiger partial charge on any atom is -0.489 e. The van der Waals surface area contributed by atoms with Gasteiger partial charge in [-0.05, 0) is 35.9 Å². The minimum atomic E-state index is -0.436. The maximum atomic E-state index is 13.6. The molecule has 0 spiro atoms. The molecule has 1 amide bonds. The van der Waals surface area contributed by atoms with Crippen molar-refractivity contribution < 1.29 is 13.9 Å². The van der Waals surface area contributed by atoms with Crippen molar-refractivity contribution in [1.29, 1.82) is 0 Å². The van der Waals surface area contributed by atoms with E-state index in [1.165, 1.54) is 16.7 Å². The van der Waals surface area contributed by atoms with E-state index >= 15 is 0 Å². The SMILES string of the molecule is Cn1cccc(C(=O)NCc2cccc(OCc3ccccc3F)c2)c1=O. The summed E-state index contributed by atoms with van der Waals surface area (Å²) in [5, 5.41) is 2.73. The van der Waals surface area contributed by atoms with Crippen LogP contribution in [-0.2, 0) is 20.2 Å². The number of aryl methyl sites for hydroxylation is 1. The summed E-state index contributed by atoms with van der Waals surface area (Å²) >= 11 is 0. The van der Waals surface area contributed by atoms with Crippen molar-refractivity contribution in [3.05, 3.63) is 99.7 Å². The summed E-state index contributed by atoms with van der Waals surface area (Å²) in [7, 11) is 1.59. The van der Waals surface area contributed by atoms with E-state index in [1.54, 1.807) is 55.7 Å². The Morgan fingerprint density at radius 2 is 1.93 bits per heavy atom. The third-order valence-corrected chi connectivity index (χ3v) is 4.07. The molecular weight excluding hydrogens is 347 g/mol. The van der Waals surface area contributed by atoms with Crippen LogP contribution in [0.1, 0.15) is 21.5 Å². The minimum absolute atomic E-state index is 0.0898. The smallest absolute Gasteiger partial charge is 0.263 e. The summed E-state index contributed by atoms with van der Waals surface area (Å²) in [4.78, 5) is 24.2. The molecule has 6 heteroatoms. The first-order valence-corrected chi connectivity index (χ1v) is 8.43. The monoisotopic (exact) mass is 366 g/mol. The van der Waals surface area contributed by atoms with Gasteiger partial charge in [-0.2, -0.15) is 0 Å². The molecule has 1 aromatic heterocycles. The standard InChI is InChI=1S/C21H19FN2O3/c1-24-11-5-9-18(21(24)26)20(25)23-13-15-6-4-8-17(12-15)27-14-16-7-2-3-10-19(16)22/h2-12H,13-14H2,1H3,(H,23,25). The van der Waals surface area contributed by atoms with Crippen LogP contribution < -0.4 is 15.6 Å². The Morgan fingerprint density at radius 3 is 2.74 bits per heavy atom. The zero-order chi connectivity index (χ0) is 19.2. The number of hydrogen-bond acceptors (Lipinski definition) is 3. The highest BCUT2D eigenvalue weighted by Gasteiger charge is 2.10. The number of carbonyl (C=O) groups is 1. The molecule has 0 aliphatic carbocycles. The van der Waals surface area contributed by atoms with Gasteiger partial charge in [-0.1, -0.05) is 30.3 Å². The fraction of sp³-hybridized carbons (Fsp3) is 0.143. The van der Waals surface area contributed by atoms with Gasteiger partial charge >= 0.3 is 0 Å². The van der Waals surface area contributed by atoms with E-state index in [-0.39, 0.29) is 30.1 Å². The van der Waals surface area contributed by atoms with Gasteiger partial charge in [0.1, 0.15) is 23.7 Å². The molecule has 27 heavy (non-hydrogen) atoms. The van der Waals surface area contributed by atoms with Crippen LogP contribution in [0, 0.1) is 5.82 Å². The number of amides is 1. The predicted octanol–water partition coefficient (Wildman–Crippen LogP) is 3.03. The second-order valence-corrected chi connectivity index (χ2v) is 6.05. The number of nitrogens with zero attached hydrogens (tertiary/aromatic N) is 1. The van der Waals surface area contributed by atoms with Crippen LogP contribution in [0.3, 0.4) is 0 Å². The summed E-state index contributed by atoms with van der Waals surface area (Å²) in [6, 6.07) is 16.7. The fourth-order valence-electron chi connectivity index (χ4n) is 2.57. The van der Waals surface area contributed by atoms with E-state index in [9.17, 15) is 14.0 Å². The summed E-state index contributed by atoms with van der Waals surface area (Å²) in [5.41, 5.74) is 1.02. The van der Waals surface area contributed by atoms with E-state index in [0.29, 0.717) is 11.3 Å². The fourth-order valence-corrected chi connectivity index (χ4v) is 2.57. The van der Waals surface area contributed by atoms with Crippen LogP contribution in [0.5, 0.6) is 5.75 Å². The van der Waals surface area contributed by atoms with Gasteiger partial charge in [-0.3, -0.25) is 9.59 Å². The average Bonchev–Trinajstić information content (AvgIpc) is 2.68. The summed E-state index contributed by atoms with van der Waals surface area (Å²) < 4.78 is 20.6. The first-order chi connectivity index (χ1) is 13.0. The van der Waals surface area contributed by atoms with Crippen LogP contribution in [0.2, 0.25) is 0 Å². The van der Waals surface area contributed by atoms with Crippen molar-refractivity contribution in [2.24, 2.45) is 7.05 Å². The molecule has 1 heterocycles. The number of rotatable bonds is 6. The van der Waals surface area contributed by atoms with Gasteiger partial charge in [-0.15, -0.1) is 0 Å². The van der Waals surface area contributed by atoms with Gasteiger partial charge < -0.3 is 14.6 Å². The maximum absolute atomic E-state index is 13.6. The van der Waals surface area contributed by atoms with Crippen molar-refractivity contribution in [3.63, 3.8) is 0 Å². The molecule has 138 valence electrons. The molecule has 0 saturated carbocycles. The van der Waals surface area contributed by atoms with Crippen molar-refractivity contribution in [3.8, 4) is 5.75 Å². The van der Waals surface area contributed by atoms with Crippen molar-refractivity contribution in [2.75, 3.05) is 0 Å². The number of hydrogen-bond donors (Lipinski definition) is 1. The molecule has 0 aliphatic rings. The van der Waals surface area contributed by atoms with E-state index in [2.05, 4.69) is 5.32 Å². The van der Waals surface area contributed by atoms with Gasteiger partial charge in [0.2, 0.25) is 0 Å². The van der Waals surface area contributed by atoms with Gasteiger partial charge in [0, 0.05) is 25.4 Å². The van der Waals surface area contributed by atoms with E-state index < -0.39 is 5.91 Å². The first-order valence-electron chi connectivity index (χ1n) is 8.43. The highest BCUT2D eigenvalue weighted by molar-refractivity contribution is 5.93. The third-order valence-electron chi connectivity index (χ3n) is 4.07. The normalized spacial score (nSPS) is 10.4. The summed E-state index contributed by atoms with van der Waals surface area (Å²) in [6.45, 7) is 0.357. The highest BCUT2D eigenvalue weighted by atomic mass is 19.1. The Labute approximate surface area is 156 Å². The molecule has 0 aliphatic heterocycles. The first kappa shape index (κ1) is 18.4. The second-order valence-electron chi connectivity index (χ2n) is 6.05. The van der Waals surface area contributed by atoms with Crippen molar-refractivity contribution in [1.82, 2.24) is 9.88 Å². The van der Waals surface area contributed by atoms with Crippen LogP contribution in [0.4, 0.5) is 4.39 Å². The highest BCUT2D eigenvalue weighted by Crippen LogP contribution is 2.16. The number of pyridine rings is 1. The lowest BCUT2D eigenvalue weighted by Gasteiger charge is -2.10. The quantitative estimate of drug-likeness (QED) is 0.729. The Bertz CT molecular complexity index is 1010. The molecule has 0 atom stereocenters. The van der Waals surface area contributed by atoms with Crippen LogP contribution in [0.25, 0.3) is 0 Å². The van der Waals surface area contributed by atoms with Gasteiger partial charge in [0.15, 0.2) is 0 Å². The number of carbonyl (C=O) groups excluding carboxylic acids is 1. The maximum Gasteiger partial charge on any atom is 0.263 e. The second kappa shape index (κ2) is 8.31. The number of nitrogens with one attached hydrogen (secondary N) is 1. The third kappa shape index (κ3) is 4.61. The molecule has 5 nitrogen and oxygen atoms in total. The Kier molecular flexibility index (Phi) is 5.66. The Balaban J connectivity index is 1.62. The predicted molar refractivity (Wildman–Crippen MR) is 100 cm³/mol. The summed E-state index contributed by atoms with van der Waals surface area (Å²) in [6.07, 6.45) is 1.59. The molecule has 0 radical (unpaired) electrons. The van der Waals surface area contributed by atoms with Crippen LogP contribution in [-0.4, -0.2) is 10.5 Å². The summed E-state index contributed by atoms with van der Waals surface area (Å²) in [5.74, 6) is -0.181. The average molecular weight is 366 g/mol. The Morgan fingerprint density at radius 1 is 1.11 bits per heavy atom. The molecule has 0 bridgehead atoms.